The second-order valence-corrected chi connectivity index (χ2v) is 10.4. The van der Waals surface area contributed by atoms with Crippen molar-refractivity contribution in [3.05, 3.63) is 63.4 Å². The first kappa shape index (κ1) is 29.3. The lowest BCUT2D eigenvalue weighted by atomic mass is 9.95. The smallest absolute Gasteiger partial charge is 0.459 e. The highest BCUT2D eigenvalue weighted by molar-refractivity contribution is 7.52. The summed E-state index contributed by atoms with van der Waals surface area (Å²) >= 11 is 0. The molecule has 4 N–H and O–H groups in total. The Kier molecular flexibility index (Phi) is 9.32. The number of carbonyl (C=O) groups excluding carboxylic acids is 1. The number of rotatable bonds is 11. The van der Waals surface area contributed by atoms with Gasteiger partial charge in [-0.25, -0.2) is 9.36 Å². The van der Waals surface area contributed by atoms with Gasteiger partial charge < -0.3 is 24.2 Å². The largest absolute Gasteiger partial charge is 0.462 e. The van der Waals surface area contributed by atoms with E-state index in [1.807, 2.05) is 10.9 Å². The minimum atomic E-state index is -4.34. The SMILES string of the molecule is C#C[C@@]1(O)[C@H](O)[C@@H](COP(=O)(NC(CC)C(=O)OC(C)C)Oc2ccccc2)O[C@H]1n1ccc(=O)[nH]c1=O. The Morgan fingerprint density at radius 1 is 1.32 bits per heavy atom. The highest BCUT2D eigenvalue weighted by Crippen LogP contribution is 2.47. The van der Waals surface area contributed by atoms with E-state index in [1.165, 1.54) is 12.1 Å². The van der Waals surface area contributed by atoms with Crippen molar-refractivity contribution in [2.45, 2.75) is 63.4 Å². The van der Waals surface area contributed by atoms with Gasteiger partial charge >= 0.3 is 19.4 Å². The molecule has 0 bridgehead atoms. The molecule has 1 aliphatic rings. The Labute approximate surface area is 218 Å². The van der Waals surface area contributed by atoms with Crippen LogP contribution in [-0.2, 0) is 23.4 Å². The van der Waals surface area contributed by atoms with Crippen molar-refractivity contribution in [2.24, 2.45) is 0 Å². The first-order chi connectivity index (χ1) is 17.9. The predicted molar refractivity (Wildman–Crippen MR) is 134 cm³/mol. The number of nitrogens with zero attached hydrogens (tertiary/aromatic N) is 1. The van der Waals surface area contributed by atoms with Crippen molar-refractivity contribution < 1.29 is 38.1 Å². The first-order valence-electron chi connectivity index (χ1n) is 11.7. The Morgan fingerprint density at radius 3 is 2.58 bits per heavy atom. The van der Waals surface area contributed by atoms with Crippen molar-refractivity contribution in [1.29, 1.82) is 0 Å². The number of hydrogen-bond acceptors (Lipinski definition) is 10. The average molecular weight is 551 g/mol. The molecule has 206 valence electrons. The fraction of sp³-hybridized carbons (Fsp3) is 0.458. The lowest BCUT2D eigenvalue weighted by Crippen LogP contribution is -2.48. The molecule has 3 rings (SSSR count). The van der Waals surface area contributed by atoms with Crippen LogP contribution >= 0.6 is 7.75 Å². The van der Waals surface area contributed by atoms with E-state index in [0.717, 1.165) is 16.8 Å². The standard InChI is InChI=1S/C24H30N3O10P/c1-5-17(21(30)35-15(3)4)26-38(33,37-16-10-8-7-9-11-16)34-14-18-20(29)24(32,6-2)22(36-18)27-13-12-19(28)25-23(27)31/h2,7-13,15,17-18,20,22,29,32H,5,14H2,1,3-4H3,(H,26,33)(H,25,28,31)/t17?,18-,20-,22-,24-,38?/m1/s1. The quantitative estimate of drug-likeness (QED) is 0.175. The average Bonchev–Trinajstić information content (AvgIpc) is 3.12. The van der Waals surface area contributed by atoms with Crippen LogP contribution < -0.4 is 20.9 Å². The maximum Gasteiger partial charge on any atom is 0.459 e. The lowest BCUT2D eigenvalue weighted by Gasteiger charge is -2.26. The molecule has 38 heavy (non-hydrogen) atoms. The van der Waals surface area contributed by atoms with E-state index >= 15 is 0 Å². The second kappa shape index (κ2) is 12.1. The summed E-state index contributed by atoms with van der Waals surface area (Å²) in [6, 6.07) is 7.94. The van der Waals surface area contributed by atoms with Crippen LogP contribution in [-0.4, -0.2) is 62.3 Å². The van der Waals surface area contributed by atoms with Gasteiger partial charge in [0.25, 0.3) is 5.56 Å². The Hall–Kier alpha value is -3.24. The number of aromatic amines is 1. The highest BCUT2D eigenvalue weighted by Gasteiger charge is 2.56. The highest BCUT2D eigenvalue weighted by atomic mass is 31.2. The lowest BCUT2D eigenvalue weighted by molar-refractivity contribution is -0.149. The third-order valence-corrected chi connectivity index (χ3v) is 7.12. The predicted octanol–water partition coefficient (Wildman–Crippen LogP) is 0.683. The molecule has 1 fully saturated rings. The molecule has 1 aromatic heterocycles. The molecule has 13 nitrogen and oxygen atoms in total. The van der Waals surface area contributed by atoms with Crippen LogP contribution in [0.5, 0.6) is 5.75 Å². The van der Waals surface area contributed by atoms with Crippen molar-refractivity contribution >= 4 is 13.7 Å². The zero-order valence-corrected chi connectivity index (χ0v) is 21.9. The van der Waals surface area contributed by atoms with E-state index in [2.05, 4.69) is 5.09 Å². The van der Waals surface area contributed by atoms with E-state index in [4.69, 9.17) is 24.9 Å². The maximum atomic E-state index is 13.8. The van der Waals surface area contributed by atoms with Crippen LogP contribution in [0.1, 0.15) is 33.4 Å². The van der Waals surface area contributed by atoms with Crippen LogP contribution in [0.3, 0.4) is 0 Å². The number of carbonyl (C=O) groups is 1. The Morgan fingerprint density at radius 2 is 2.00 bits per heavy atom. The molecule has 2 heterocycles. The topological polar surface area (TPSA) is 178 Å². The number of ether oxygens (including phenoxy) is 2. The monoisotopic (exact) mass is 551 g/mol. The summed E-state index contributed by atoms with van der Waals surface area (Å²) in [6.07, 6.45) is 1.42. The number of para-hydroxylation sites is 1. The fourth-order valence-electron chi connectivity index (χ4n) is 3.65. The van der Waals surface area contributed by atoms with E-state index in [0.29, 0.717) is 0 Å². The number of esters is 1. The third kappa shape index (κ3) is 6.60. The molecule has 1 saturated heterocycles. The zero-order chi connectivity index (χ0) is 28.1. The maximum absolute atomic E-state index is 13.8. The van der Waals surface area contributed by atoms with Gasteiger partial charge in [0.05, 0.1) is 12.7 Å². The van der Waals surface area contributed by atoms with Crippen LogP contribution in [0.4, 0.5) is 0 Å². The minimum absolute atomic E-state index is 0.154. The number of H-pyrrole nitrogens is 1. The molecule has 0 radical (unpaired) electrons. The van der Waals surface area contributed by atoms with E-state index < -0.39 is 67.8 Å². The van der Waals surface area contributed by atoms with Crippen LogP contribution in [0, 0.1) is 12.3 Å². The summed E-state index contributed by atoms with van der Waals surface area (Å²) in [5.74, 6) is 1.49. The van der Waals surface area contributed by atoms with Gasteiger partial charge in [-0.3, -0.25) is 23.7 Å². The number of benzene rings is 1. The fourth-order valence-corrected chi connectivity index (χ4v) is 5.24. The summed E-state index contributed by atoms with van der Waals surface area (Å²) in [5.41, 5.74) is -4.06. The molecular formula is C24H30N3O10P. The molecule has 6 atom stereocenters. The van der Waals surface area contributed by atoms with E-state index in [-0.39, 0.29) is 12.2 Å². The van der Waals surface area contributed by atoms with Crippen molar-refractivity contribution in [3.63, 3.8) is 0 Å². The molecular weight excluding hydrogens is 521 g/mol. The molecule has 2 unspecified atom stereocenters. The molecule has 14 heteroatoms. The van der Waals surface area contributed by atoms with Gasteiger partial charge in [0.2, 0.25) is 0 Å². The summed E-state index contributed by atoms with van der Waals surface area (Å²) in [4.78, 5) is 38.2. The van der Waals surface area contributed by atoms with Gasteiger partial charge in [-0.1, -0.05) is 31.0 Å². The zero-order valence-electron chi connectivity index (χ0n) is 21.0. The molecule has 2 aromatic rings. The third-order valence-electron chi connectivity index (χ3n) is 5.55. The van der Waals surface area contributed by atoms with E-state index in [1.54, 1.807) is 39.0 Å². The van der Waals surface area contributed by atoms with Crippen LogP contribution in [0.25, 0.3) is 0 Å². The van der Waals surface area contributed by atoms with Gasteiger partial charge in [-0.05, 0) is 32.4 Å². The number of terminal acetylenes is 1. The van der Waals surface area contributed by atoms with Gasteiger partial charge in [-0.15, -0.1) is 6.42 Å². The van der Waals surface area contributed by atoms with Crippen molar-refractivity contribution in [3.8, 4) is 18.1 Å². The number of aliphatic hydroxyl groups is 2. The molecule has 0 saturated carbocycles. The number of nitrogens with one attached hydrogen (secondary N) is 2. The van der Waals surface area contributed by atoms with Gasteiger partial charge in [0.15, 0.2) is 11.8 Å². The Balaban J connectivity index is 1.86. The van der Waals surface area contributed by atoms with Gasteiger partial charge in [0, 0.05) is 12.3 Å². The number of hydrogen-bond donors (Lipinski definition) is 4. The van der Waals surface area contributed by atoms with Gasteiger partial charge in [0.1, 0.15) is 24.0 Å². The number of aromatic nitrogens is 2. The second-order valence-electron chi connectivity index (χ2n) is 8.73. The van der Waals surface area contributed by atoms with Gasteiger partial charge in [-0.2, -0.15) is 5.09 Å². The Bertz CT molecular complexity index is 1320. The molecule has 0 amide bonds. The summed E-state index contributed by atoms with van der Waals surface area (Å²) in [5, 5.41) is 24.3. The molecule has 0 spiro atoms. The van der Waals surface area contributed by atoms with Crippen LogP contribution in [0.15, 0.2) is 52.2 Å². The van der Waals surface area contributed by atoms with Crippen LogP contribution in [0.2, 0.25) is 0 Å². The summed E-state index contributed by atoms with van der Waals surface area (Å²) in [6.45, 7) is 4.34. The van der Waals surface area contributed by atoms with Crippen molar-refractivity contribution in [1.82, 2.24) is 14.6 Å². The summed E-state index contributed by atoms with van der Waals surface area (Å²) < 4.78 is 36.6. The molecule has 0 aliphatic carbocycles. The van der Waals surface area contributed by atoms with E-state index in [9.17, 15) is 29.2 Å². The summed E-state index contributed by atoms with van der Waals surface area (Å²) in [7, 11) is -4.34. The van der Waals surface area contributed by atoms with Crippen molar-refractivity contribution in [2.75, 3.05) is 6.61 Å². The number of aliphatic hydroxyl groups excluding tert-OH is 1. The first-order valence-corrected chi connectivity index (χ1v) is 13.3. The normalized spacial score (nSPS) is 25.3. The molecule has 1 aliphatic heterocycles. The molecule has 1 aromatic carbocycles. The minimum Gasteiger partial charge on any atom is -0.462 e.